The molecule has 0 aliphatic rings. The second-order valence-electron chi connectivity index (χ2n) is 31.5. The molecule has 0 aliphatic carbocycles. The molecule has 0 aliphatic heterocycles. The maximum atomic E-state index is 13.2. The Morgan fingerprint density at radius 2 is 0.509 bits per heavy atom. The fraction of sp³-hybridized carbons (Fsp3) is 0.908. The van der Waals surface area contributed by atoms with E-state index in [1.807, 2.05) is 0 Å². The van der Waals surface area contributed by atoms with Gasteiger partial charge in [-0.3, -0.25) is 37.3 Å². The molecule has 17 nitrogen and oxygen atoms in total. The molecule has 106 heavy (non-hydrogen) atoms. The van der Waals surface area contributed by atoms with E-state index in [1.165, 1.54) is 244 Å². The van der Waals surface area contributed by atoms with E-state index >= 15 is 0 Å². The van der Waals surface area contributed by atoms with Crippen LogP contribution in [0.4, 0.5) is 0 Å². The van der Waals surface area contributed by atoms with Crippen LogP contribution in [0.3, 0.4) is 0 Å². The second kappa shape index (κ2) is 77.8. The first-order chi connectivity index (χ1) is 51.4. The Labute approximate surface area is 650 Å². The molecule has 3 N–H and O–H groups in total. The Balaban J connectivity index is 5.28. The molecule has 0 radical (unpaired) electrons. The molecule has 0 fully saturated rings. The summed E-state index contributed by atoms with van der Waals surface area (Å²) in [4.78, 5) is 73.2. The highest BCUT2D eigenvalue weighted by atomic mass is 31.2. The van der Waals surface area contributed by atoms with Gasteiger partial charge >= 0.3 is 39.5 Å². The summed E-state index contributed by atoms with van der Waals surface area (Å²) in [6.45, 7) is 9.67. The third-order valence-corrected chi connectivity index (χ3v) is 21.7. The number of carbonyl (C=O) groups excluding carboxylic acids is 4. The van der Waals surface area contributed by atoms with Gasteiger partial charge in [-0.2, -0.15) is 0 Å². The molecule has 0 saturated heterocycles. The summed E-state index contributed by atoms with van der Waals surface area (Å²) in [5.74, 6) is -0.506. The van der Waals surface area contributed by atoms with Gasteiger partial charge in [0.2, 0.25) is 0 Å². The molecule has 0 aromatic carbocycles. The highest BCUT2D eigenvalue weighted by molar-refractivity contribution is 7.47. The Morgan fingerprint density at radius 3 is 0.774 bits per heavy atom. The van der Waals surface area contributed by atoms with Gasteiger partial charge in [-0.15, -0.1) is 0 Å². The number of phosphoric acid groups is 2. The van der Waals surface area contributed by atoms with E-state index in [2.05, 4.69) is 65.8 Å². The monoisotopic (exact) mass is 1550 g/mol. The molecule has 19 heteroatoms. The van der Waals surface area contributed by atoms with Gasteiger partial charge in [-0.1, -0.05) is 387 Å². The predicted molar refractivity (Wildman–Crippen MR) is 437 cm³/mol. The largest absolute Gasteiger partial charge is 0.472 e. The standard InChI is InChI=1S/C87H166O17P2/c1-7-9-11-13-15-17-19-21-27-35-41-47-53-59-65-71-86(91)103-82(75-97-84(89)69-63-57-51-45-39-20-18-16-14-12-10-8-2)77-101-105(93,94)99-73-81(88)74-100-106(95,96)102-78-83(76-98-85(90)70-64-58-52-46-40-34-31-26-29-33-38-44-50-56-62-68-80(5)6)104-87(92)72-66-60-54-48-42-36-30-25-23-22-24-28-32-37-43-49-55-61-67-79(3)4/h17,19,21,27,79-83,88H,7-16,18,20,22-26,28-78H2,1-6H3,(H,93,94)(H,95,96)/b19-17-,27-21-/t81-,82+,83+/m0/s1. The van der Waals surface area contributed by atoms with Crippen LogP contribution in [-0.2, 0) is 65.4 Å². The lowest BCUT2D eigenvalue weighted by Crippen LogP contribution is -2.30. The predicted octanol–water partition coefficient (Wildman–Crippen LogP) is 26.2. The number of aliphatic hydroxyl groups is 1. The number of hydrogen-bond acceptors (Lipinski definition) is 15. The van der Waals surface area contributed by atoms with Crippen LogP contribution < -0.4 is 0 Å². The lowest BCUT2D eigenvalue weighted by Gasteiger charge is -2.21. The van der Waals surface area contributed by atoms with Crippen molar-refractivity contribution in [1.29, 1.82) is 0 Å². The maximum Gasteiger partial charge on any atom is 0.472 e. The minimum absolute atomic E-state index is 0.0856. The van der Waals surface area contributed by atoms with Crippen LogP contribution in [0, 0.1) is 11.8 Å². The van der Waals surface area contributed by atoms with Crippen molar-refractivity contribution in [1.82, 2.24) is 0 Å². The van der Waals surface area contributed by atoms with Crippen molar-refractivity contribution in [2.24, 2.45) is 11.8 Å². The highest BCUT2D eigenvalue weighted by Crippen LogP contribution is 2.45. The highest BCUT2D eigenvalue weighted by Gasteiger charge is 2.30. The van der Waals surface area contributed by atoms with E-state index in [0.717, 1.165) is 115 Å². The minimum atomic E-state index is -4.97. The van der Waals surface area contributed by atoms with Crippen molar-refractivity contribution in [3.63, 3.8) is 0 Å². The first-order valence-electron chi connectivity index (χ1n) is 44.3. The Hall–Kier alpha value is -2.46. The molecule has 0 saturated carbocycles. The summed E-state index contributed by atoms with van der Waals surface area (Å²) in [7, 11) is -9.94. The molecule has 0 rings (SSSR count). The molecule has 0 bridgehead atoms. The van der Waals surface area contributed by atoms with Gasteiger partial charge in [0.05, 0.1) is 26.4 Å². The van der Waals surface area contributed by atoms with Crippen molar-refractivity contribution in [2.45, 2.75) is 458 Å². The molecular weight excluding hydrogens is 1380 g/mol. The first kappa shape index (κ1) is 104. The Kier molecular flexibility index (Phi) is 76.0. The number of esters is 4. The number of carbonyl (C=O) groups is 4. The number of phosphoric ester groups is 2. The smallest absolute Gasteiger partial charge is 0.462 e. The second-order valence-corrected chi connectivity index (χ2v) is 34.5. The number of hydrogen-bond donors (Lipinski definition) is 3. The zero-order valence-corrected chi connectivity index (χ0v) is 71.0. The fourth-order valence-electron chi connectivity index (χ4n) is 13.1. The minimum Gasteiger partial charge on any atom is -0.462 e. The van der Waals surface area contributed by atoms with Crippen molar-refractivity contribution < 1.29 is 80.2 Å². The normalized spacial score (nSPS) is 14.0. The number of unbranched alkanes of at least 4 members (excludes halogenated alkanes) is 51. The van der Waals surface area contributed by atoms with Crippen LogP contribution in [0.5, 0.6) is 0 Å². The van der Waals surface area contributed by atoms with E-state index < -0.39 is 97.5 Å². The number of rotatable bonds is 84. The summed E-state index contributed by atoms with van der Waals surface area (Å²) in [5.41, 5.74) is 0. The Bertz CT molecular complexity index is 2120. The van der Waals surface area contributed by atoms with Crippen molar-refractivity contribution in [3.8, 4) is 0 Å². The van der Waals surface area contributed by atoms with Gasteiger partial charge in [0, 0.05) is 25.7 Å². The lowest BCUT2D eigenvalue weighted by atomic mass is 10.0. The molecule has 626 valence electrons. The van der Waals surface area contributed by atoms with Crippen molar-refractivity contribution in [2.75, 3.05) is 39.6 Å². The molecule has 2 unspecified atom stereocenters. The third kappa shape index (κ3) is 79.6. The van der Waals surface area contributed by atoms with Gasteiger partial charge < -0.3 is 33.8 Å². The fourth-order valence-corrected chi connectivity index (χ4v) is 14.6. The molecule has 0 heterocycles. The molecule has 0 amide bonds. The van der Waals surface area contributed by atoms with E-state index in [4.69, 9.17) is 37.0 Å². The van der Waals surface area contributed by atoms with Crippen molar-refractivity contribution >= 4 is 39.5 Å². The third-order valence-electron chi connectivity index (χ3n) is 19.8. The summed E-state index contributed by atoms with van der Waals surface area (Å²) < 4.78 is 68.9. The van der Waals surface area contributed by atoms with Crippen LogP contribution in [0.1, 0.15) is 440 Å². The molecular formula is C87H166O17P2. The zero-order valence-electron chi connectivity index (χ0n) is 69.2. The van der Waals surface area contributed by atoms with Crippen LogP contribution in [0.2, 0.25) is 0 Å². The quantitative estimate of drug-likeness (QED) is 0.0169. The average Bonchev–Trinajstić information content (AvgIpc) is 0.898. The maximum absolute atomic E-state index is 13.2. The topological polar surface area (TPSA) is 237 Å². The summed E-state index contributed by atoms with van der Waals surface area (Å²) in [6, 6.07) is 0. The SMILES string of the molecule is CCCCCC/C=C\C=C/CCCCCCCC(=O)O[C@H](COC(=O)CCCCCCCCCCCCCC)COP(=O)(O)OC[C@H](O)COP(=O)(O)OC[C@@H](COC(=O)CCCCCCCCCCCCCCCCCC(C)C)OC(=O)CCCCCCCCCCCCCCCCCCCCC(C)C. The van der Waals surface area contributed by atoms with Crippen LogP contribution in [0.15, 0.2) is 24.3 Å². The van der Waals surface area contributed by atoms with E-state index in [1.54, 1.807) is 0 Å². The summed E-state index contributed by atoms with van der Waals surface area (Å²) >= 11 is 0. The molecule has 0 aromatic rings. The molecule has 0 spiro atoms. The van der Waals surface area contributed by atoms with Crippen LogP contribution >= 0.6 is 15.6 Å². The van der Waals surface area contributed by atoms with Gasteiger partial charge in [-0.05, 0) is 63.2 Å². The van der Waals surface area contributed by atoms with Crippen LogP contribution in [-0.4, -0.2) is 96.7 Å². The number of ether oxygens (including phenoxy) is 4. The van der Waals surface area contributed by atoms with Crippen molar-refractivity contribution in [3.05, 3.63) is 24.3 Å². The molecule has 0 aromatic heterocycles. The zero-order chi connectivity index (χ0) is 77.8. The van der Waals surface area contributed by atoms with E-state index in [0.29, 0.717) is 25.7 Å². The van der Waals surface area contributed by atoms with Gasteiger partial charge in [0.15, 0.2) is 12.2 Å². The van der Waals surface area contributed by atoms with E-state index in [-0.39, 0.29) is 25.7 Å². The lowest BCUT2D eigenvalue weighted by molar-refractivity contribution is -0.161. The van der Waals surface area contributed by atoms with Gasteiger partial charge in [-0.25, -0.2) is 9.13 Å². The first-order valence-corrected chi connectivity index (χ1v) is 47.3. The van der Waals surface area contributed by atoms with Gasteiger partial charge in [0.1, 0.15) is 19.3 Å². The number of allylic oxidation sites excluding steroid dienone is 4. The summed E-state index contributed by atoms with van der Waals surface area (Å²) in [6.07, 6.45) is 72.9. The summed E-state index contributed by atoms with van der Waals surface area (Å²) in [5, 5.41) is 10.7. The van der Waals surface area contributed by atoms with E-state index in [9.17, 15) is 43.2 Å². The Morgan fingerprint density at radius 1 is 0.292 bits per heavy atom. The number of aliphatic hydroxyl groups excluding tert-OH is 1. The molecule has 5 atom stereocenters. The average molecular weight is 1550 g/mol. The van der Waals surface area contributed by atoms with Crippen LogP contribution in [0.25, 0.3) is 0 Å². The van der Waals surface area contributed by atoms with Gasteiger partial charge in [0.25, 0.3) is 0 Å².